The lowest BCUT2D eigenvalue weighted by atomic mass is 10.1. The van der Waals surface area contributed by atoms with Gasteiger partial charge in [0.2, 0.25) is 0 Å². The van der Waals surface area contributed by atoms with Crippen molar-refractivity contribution in [1.82, 2.24) is 21.0 Å². The lowest BCUT2D eigenvalue weighted by Crippen LogP contribution is -2.43. The van der Waals surface area contributed by atoms with Crippen LogP contribution < -0.4 is 15.6 Å². The van der Waals surface area contributed by atoms with Gasteiger partial charge in [0.1, 0.15) is 11.6 Å². The van der Waals surface area contributed by atoms with Crippen LogP contribution >= 0.6 is 0 Å². The van der Waals surface area contributed by atoms with Crippen LogP contribution in [0.4, 0.5) is 4.39 Å². The van der Waals surface area contributed by atoms with Crippen LogP contribution in [0.1, 0.15) is 21.5 Å². The average molecular weight is 382 g/mol. The Hall–Kier alpha value is -3.68. The molecule has 0 spiro atoms. The smallest absolute Gasteiger partial charge is 0.276 e. The molecule has 0 aliphatic carbocycles. The fourth-order valence-corrected chi connectivity index (χ4v) is 2.53. The Kier molecular flexibility index (Phi) is 5.69. The van der Waals surface area contributed by atoms with Crippen LogP contribution in [0.15, 0.2) is 48.7 Å². The molecule has 0 atom stereocenters. The van der Waals surface area contributed by atoms with E-state index in [0.29, 0.717) is 17.0 Å². The first-order valence-electron chi connectivity index (χ1n) is 8.52. The number of halogens is 1. The number of hydrogen-bond acceptors (Lipinski definition) is 4. The van der Waals surface area contributed by atoms with Gasteiger partial charge >= 0.3 is 0 Å². The first kappa shape index (κ1) is 19.1. The van der Waals surface area contributed by atoms with Crippen molar-refractivity contribution < 1.29 is 18.7 Å². The van der Waals surface area contributed by atoms with Crippen LogP contribution in [0.2, 0.25) is 0 Å². The van der Waals surface area contributed by atoms with Crippen molar-refractivity contribution in [2.24, 2.45) is 0 Å². The van der Waals surface area contributed by atoms with E-state index in [9.17, 15) is 14.0 Å². The van der Waals surface area contributed by atoms with Crippen molar-refractivity contribution in [1.29, 1.82) is 0 Å². The second-order valence-electron chi connectivity index (χ2n) is 6.23. The Balaban J connectivity index is 1.57. The van der Waals surface area contributed by atoms with Crippen molar-refractivity contribution in [3.05, 3.63) is 71.2 Å². The van der Waals surface area contributed by atoms with Crippen molar-refractivity contribution >= 4 is 11.8 Å². The zero-order chi connectivity index (χ0) is 20.1. The summed E-state index contributed by atoms with van der Waals surface area (Å²) in [5, 5.41) is 6.54. The number of carbonyl (C=O) groups is 2. The number of hydrazine groups is 1. The lowest BCUT2D eigenvalue weighted by Gasteiger charge is -2.11. The van der Waals surface area contributed by atoms with Crippen LogP contribution in [-0.2, 0) is 4.79 Å². The molecule has 2 amide bonds. The van der Waals surface area contributed by atoms with Crippen LogP contribution in [0.3, 0.4) is 0 Å². The third kappa shape index (κ3) is 4.53. The van der Waals surface area contributed by atoms with Gasteiger partial charge in [0.05, 0.1) is 17.5 Å². The molecule has 144 valence electrons. The molecule has 0 saturated heterocycles. The summed E-state index contributed by atoms with van der Waals surface area (Å²) in [4.78, 5) is 24.3. The summed E-state index contributed by atoms with van der Waals surface area (Å²) in [6.07, 6.45) is 1.33. The number of aromatic nitrogens is 2. The summed E-state index contributed by atoms with van der Waals surface area (Å²) in [7, 11) is 0. The molecule has 0 aliphatic heterocycles. The van der Waals surface area contributed by atoms with Gasteiger partial charge in [-0.15, -0.1) is 0 Å². The molecule has 0 saturated carbocycles. The Labute approximate surface area is 160 Å². The van der Waals surface area contributed by atoms with Gasteiger partial charge in [0.15, 0.2) is 6.61 Å². The van der Waals surface area contributed by atoms with Crippen LogP contribution in [0.25, 0.3) is 11.3 Å². The fraction of sp³-hybridized carbons (Fsp3) is 0.150. The number of benzene rings is 2. The SMILES string of the molecule is Cc1ccc(C)c(OCC(=O)NNC(=O)c2cn[nH]c2-c2ccc(F)cc2)c1. The van der Waals surface area contributed by atoms with Crippen molar-refractivity contribution in [2.45, 2.75) is 13.8 Å². The Bertz CT molecular complexity index is 999. The van der Waals surface area contributed by atoms with Crippen LogP contribution in [-0.4, -0.2) is 28.6 Å². The topological polar surface area (TPSA) is 96.1 Å². The van der Waals surface area contributed by atoms with E-state index in [0.717, 1.165) is 11.1 Å². The minimum Gasteiger partial charge on any atom is -0.483 e. The number of aryl methyl sites for hydroxylation is 2. The maximum absolute atomic E-state index is 13.1. The molecule has 3 aromatic rings. The van der Waals surface area contributed by atoms with E-state index in [-0.39, 0.29) is 18.0 Å². The molecule has 0 radical (unpaired) electrons. The van der Waals surface area contributed by atoms with E-state index in [1.165, 1.54) is 30.5 Å². The molecular weight excluding hydrogens is 363 g/mol. The average Bonchev–Trinajstić information content (AvgIpc) is 3.17. The van der Waals surface area contributed by atoms with Gasteiger partial charge in [-0.05, 0) is 55.3 Å². The molecule has 0 unspecified atom stereocenters. The van der Waals surface area contributed by atoms with E-state index in [4.69, 9.17) is 4.74 Å². The van der Waals surface area contributed by atoms with E-state index in [2.05, 4.69) is 21.0 Å². The number of H-pyrrole nitrogens is 1. The minimum atomic E-state index is -0.562. The molecule has 0 aliphatic rings. The Morgan fingerprint density at radius 1 is 1.11 bits per heavy atom. The highest BCUT2D eigenvalue weighted by molar-refractivity contribution is 6.00. The zero-order valence-corrected chi connectivity index (χ0v) is 15.4. The highest BCUT2D eigenvalue weighted by Gasteiger charge is 2.16. The normalized spacial score (nSPS) is 10.4. The molecule has 1 heterocycles. The summed E-state index contributed by atoms with van der Waals surface area (Å²) in [5.41, 5.74) is 7.75. The standard InChI is InChI=1S/C20H19FN4O3/c1-12-3-4-13(2)17(9-12)28-11-18(26)23-25-20(27)16-10-22-24-19(16)14-5-7-15(21)8-6-14/h3-10H,11H2,1-2H3,(H,22,24)(H,23,26)(H,25,27). The Morgan fingerprint density at radius 3 is 2.61 bits per heavy atom. The summed E-state index contributed by atoms with van der Waals surface area (Å²) in [5.74, 6) is -0.852. The number of carbonyl (C=O) groups excluding carboxylic acids is 2. The number of nitrogens with one attached hydrogen (secondary N) is 3. The van der Waals surface area contributed by atoms with Crippen molar-refractivity contribution in [2.75, 3.05) is 6.61 Å². The summed E-state index contributed by atoms with van der Waals surface area (Å²) >= 11 is 0. The molecule has 8 heteroatoms. The van der Waals surface area contributed by atoms with Gasteiger partial charge in [0, 0.05) is 5.56 Å². The zero-order valence-electron chi connectivity index (χ0n) is 15.4. The number of hydrogen-bond donors (Lipinski definition) is 3. The molecule has 28 heavy (non-hydrogen) atoms. The van der Waals surface area contributed by atoms with Gasteiger partial charge in [-0.2, -0.15) is 5.10 Å². The third-order valence-electron chi connectivity index (χ3n) is 4.03. The first-order valence-corrected chi connectivity index (χ1v) is 8.52. The molecular formula is C20H19FN4O3. The maximum atomic E-state index is 13.1. The molecule has 7 nitrogen and oxygen atoms in total. The number of nitrogens with zero attached hydrogens (tertiary/aromatic N) is 1. The summed E-state index contributed by atoms with van der Waals surface area (Å²) < 4.78 is 18.6. The lowest BCUT2D eigenvalue weighted by molar-refractivity contribution is -0.123. The molecule has 3 rings (SSSR count). The van der Waals surface area contributed by atoms with Crippen molar-refractivity contribution in [3.8, 4) is 17.0 Å². The number of aromatic amines is 1. The number of ether oxygens (including phenoxy) is 1. The van der Waals surface area contributed by atoms with E-state index >= 15 is 0 Å². The minimum absolute atomic E-state index is 0.211. The maximum Gasteiger partial charge on any atom is 0.276 e. The van der Waals surface area contributed by atoms with Gasteiger partial charge in [0.25, 0.3) is 11.8 Å². The number of rotatable bonds is 5. The molecule has 1 aromatic heterocycles. The van der Waals surface area contributed by atoms with E-state index in [1.807, 2.05) is 32.0 Å². The predicted octanol–water partition coefficient (Wildman–Crippen LogP) is 2.67. The largest absolute Gasteiger partial charge is 0.483 e. The fourth-order valence-electron chi connectivity index (χ4n) is 2.53. The molecule has 2 aromatic carbocycles. The second kappa shape index (κ2) is 8.34. The second-order valence-corrected chi connectivity index (χ2v) is 6.23. The van der Waals surface area contributed by atoms with Crippen molar-refractivity contribution in [3.63, 3.8) is 0 Å². The van der Waals surface area contributed by atoms with Crippen LogP contribution in [0.5, 0.6) is 5.75 Å². The quantitative estimate of drug-likeness (QED) is 0.591. The van der Waals surface area contributed by atoms with Gasteiger partial charge in [-0.3, -0.25) is 25.5 Å². The highest BCUT2D eigenvalue weighted by atomic mass is 19.1. The van der Waals surface area contributed by atoms with Gasteiger partial charge < -0.3 is 4.74 Å². The van der Waals surface area contributed by atoms with Crippen LogP contribution in [0, 0.1) is 19.7 Å². The van der Waals surface area contributed by atoms with E-state index < -0.39 is 11.8 Å². The van der Waals surface area contributed by atoms with Gasteiger partial charge in [-0.1, -0.05) is 12.1 Å². The van der Waals surface area contributed by atoms with Gasteiger partial charge in [-0.25, -0.2) is 4.39 Å². The monoisotopic (exact) mass is 382 g/mol. The third-order valence-corrected chi connectivity index (χ3v) is 4.03. The summed E-state index contributed by atoms with van der Waals surface area (Å²) in [6, 6.07) is 11.3. The molecule has 0 bridgehead atoms. The Morgan fingerprint density at radius 2 is 1.86 bits per heavy atom. The number of amides is 2. The van der Waals surface area contributed by atoms with E-state index in [1.54, 1.807) is 0 Å². The highest BCUT2D eigenvalue weighted by Crippen LogP contribution is 2.21. The predicted molar refractivity (Wildman–Crippen MR) is 101 cm³/mol. The molecule has 3 N–H and O–H groups in total. The molecule has 0 fully saturated rings. The first-order chi connectivity index (χ1) is 13.4. The summed E-state index contributed by atoms with van der Waals surface area (Å²) in [6.45, 7) is 3.56.